The van der Waals surface area contributed by atoms with Gasteiger partial charge in [0.1, 0.15) is 19.7 Å². The molecular formula is C29H48F2O6. The lowest BCUT2D eigenvalue weighted by molar-refractivity contribution is -0.266. The number of methoxy groups -OCH3 is 3. The largest absolute Gasteiger partial charge is 0.469 e. The first-order valence-electron chi connectivity index (χ1n) is 14.2. The van der Waals surface area contributed by atoms with Crippen LogP contribution in [0.25, 0.3) is 0 Å². The average molecular weight is 531 g/mol. The third-order valence-corrected chi connectivity index (χ3v) is 11.2. The van der Waals surface area contributed by atoms with Gasteiger partial charge in [0.25, 0.3) is 5.92 Å². The Morgan fingerprint density at radius 2 is 1.62 bits per heavy atom. The Morgan fingerprint density at radius 1 is 0.946 bits per heavy atom. The molecule has 0 heterocycles. The van der Waals surface area contributed by atoms with Crippen molar-refractivity contribution in [1.29, 1.82) is 0 Å². The number of halogens is 2. The van der Waals surface area contributed by atoms with Crippen LogP contribution in [-0.4, -0.2) is 59.0 Å². The molecule has 10 atom stereocenters. The lowest BCUT2D eigenvalue weighted by Gasteiger charge is -2.63. The highest BCUT2D eigenvalue weighted by atomic mass is 19.3. The minimum atomic E-state index is -2.88. The molecule has 6 nitrogen and oxygen atoms in total. The van der Waals surface area contributed by atoms with Gasteiger partial charge in [0, 0.05) is 27.1 Å². The zero-order valence-electron chi connectivity index (χ0n) is 23.6. The minimum Gasteiger partial charge on any atom is -0.469 e. The van der Waals surface area contributed by atoms with Crippen LogP contribution in [0.15, 0.2) is 0 Å². The molecular weight excluding hydrogens is 482 g/mol. The van der Waals surface area contributed by atoms with E-state index in [0.717, 1.165) is 38.5 Å². The Kier molecular flexibility index (Phi) is 8.94. The predicted molar refractivity (Wildman–Crippen MR) is 135 cm³/mol. The molecule has 4 saturated carbocycles. The molecule has 0 bridgehead atoms. The van der Waals surface area contributed by atoms with Crippen molar-refractivity contribution in [2.24, 2.45) is 46.3 Å². The van der Waals surface area contributed by atoms with E-state index in [1.807, 2.05) is 0 Å². The number of esters is 1. The second-order valence-corrected chi connectivity index (χ2v) is 12.9. The molecule has 8 heteroatoms. The summed E-state index contributed by atoms with van der Waals surface area (Å²) in [7, 11) is 4.55. The van der Waals surface area contributed by atoms with Crippen molar-refractivity contribution in [3.05, 3.63) is 0 Å². The minimum absolute atomic E-state index is 0.00780. The second-order valence-electron chi connectivity index (χ2n) is 12.9. The van der Waals surface area contributed by atoms with Gasteiger partial charge in [0.15, 0.2) is 0 Å². The maximum atomic E-state index is 15.5. The second kappa shape index (κ2) is 11.3. The van der Waals surface area contributed by atoms with Crippen molar-refractivity contribution in [2.75, 3.05) is 34.9 Å². The lowest BCUT2D eigenvalue weighted by atomic mass is 9.43. The zero-order valence-corrected chi connectivity index (χ0v) is 23.6. The first kappa shape index (κ1) is 29.2. The standard InChI is InChI=1S/C29H48F2O6/c1-18(7-10-25(32)35-6)20-8-9-21-26-22(11-12-27(20,21)2)28(3)15-29(30,31)24(37-17-34-5)14-19(28)13-23(26)36-16-33-4/h18-24,26H,7-17H2,1-6H3/t18-,19-,20-,21+,22+,23+,24-,26+,27-,28+/m1/s1. The van der Waals surface area contributed by atoms with Crippen molar-refractivity contribution in [2.45, 2.75) is 96.7 Å². The summed E-state index contributed by atoms with van der Waals surface area (Å²) < 4.78 is 58.0. The van der Waals surface area contributed by atoms with Gasteiger partial charge in [-0.05, 0) is 91.3 Å². The van der Waals surface area contributed by atoms with Gasteiger partial charge in [-0.3, -0.25) is 4.79 Å². The van der Waals surface area contributed by atoms with E-state index in [9.17, 15) is 4.79 Å². The van der Waals surface area contributed by atoms with Crippen molar-refractivity contribution < 1.29 is 37.3 Å². The summed E-state index contributed by atoms with van der Waals surface area (Å²) in [6.45, 7) is 6.92. The Hall–Kier alpha value is -0.830. The number of ether oxygens (including phenoxy) is 5. The topological polar surface area (TPSA) is 63.2 Å². The highest BCUT2D eigenvalue weighted by Gasteiger charge is 2.66. The van der Waals surface area contributed by atoms with E-state index in [4.69, 9.17) is 23.7 Å². The lowest BCUT2D eigenvalue weighted by Crippen LogP contribution is -2.62. The first-order chi connectivity index (χ1) is 17.5. The van der Waals surface area contributed by atoms with Crippen LogP contribution >= 0.6 is 0 Å². The van der Waals surface area contributed by atoms with Crippen LogP contribution in [-0.2, 0) is 28.5 Å². The summed E-state index contributed by atoms with van der Waals surface area (Å²) in [5.41, 5.74) is -0.334. The molecule has 0 N–H and O–H groups in total. The quantitative estimate of drug-likeness (QED) is 0.252. The Morgan fingerprint density at radius 3 is 2.30 bits per heavy atom. The number of alkyl halides is 2. The van der Waals surface area contributed by atoms with Gasteiger partial charge < -0.3 is 23.7 Å². The molecule has 0 spiro atoms. The molecule has 214 valence electrons. The van der Waals surface area contributed by atoms with Crippen LogP contribution in [0.3, 0.4) is 0 Å². The maximum absolute atomic E-state index is 15.5. The summed E-state index contributed by atoms with van der Waals surface area (Å²) >= 11 is 0. The molecule has 0 saturated heterocycles. The SMILES string of the molecule is COCO[C@H]1C[C@@H]2C[C@@H](OCOC)C(F)(F)C[C@]2(C)[C@H]2CC[C@]3(C)[C@@H]([C@H](C)CCC(=O)OC)CC[C@H]3[C@H]12. The van der Waals surface area contributed by atoms with Gasteiger partial charge in [-0.25, -0.2) is 8.78 Å². The summed E-state index contributed by atoms with van der Waals surface area (Å²) in [5, 5.41) is 0. The van der Waals surface area contributed by atoms with Crippen LogP contribution in [0.4, 0.5) is 8.78 Å². The maximum Gasteiger partial charge on any atom is 0.305 e. The average Bonchev–Trinajstić information content (AvgIpc) is 3.21. The van der Waals surface area contributed by atoms with Crippen LogP contribution < -0.4 is 0 Å². The molecule has 4 aliphatic rings. The third-order valence-electron chi connectivity index (χ3n) is 11.2. The third kappa shape index (κ3) is 5.33. The summed E-state index contributed by atoms with van der Waals surface area (Å²) in [4.78, 5) is 11.8. The molecule has 37 heavy (non-hydrogen) atoms. The molecule has 0 aromatic heterocycles. The Balaban J connectivity index is 1.59. The number of fused-ring (bicyclic) bond motifs is 5. The summed E-state index contributed by atoms with van der Waals surface area (Å²) in [6.07, 6.45) is 5.29. The number of rotatable bonds is 10. The van der Waals surface area contributed by atoms with Gasteiger partial charge in [-0.1, -0.05) is 20.8 Å². The number of hydrogen-bond acceptors (Lipinski definition) is 6. The van der Waals surface area contributed by atoms with E-state index in [-0.39, 0.29) is 55.2 Å². The molecule has 0 amide bonds. The van der Waals surface area contributed by atoms with Crippen molar-refractivity contribution in [3.63, 3.8) is 0 Å². The van der Waals surface area contributed by atoms with Crippen molar-refractivity contribution in [1.82, 2.24) is 0 Å². The molecule has 0 radical (unpaired) electrons. The molecule has 4 aliphatic carbocycles. The molecule has 0 aromatic carbocycles. The van der Waals surface area contributed by atoms with Crippen molar-refractivity contribution in [3.8, 4) is 0 Å². The fourth-order valence-electron chi connectivity index (χ4n) is 9.48. The van der Waals surface area contributed by atoms with Crippen LogP contribution in [0.1, 0.15) is 78.6 Å². The van der Waals surface area contributed by atoms with E-state index >= 15 is 8.78 Å². The van der Waals surface area contributed by atoms with E-state index in [1.165, 1.54) is 14.2 Å². The van der Waals surface area contributed by atoms with Crippen LogP contribution in [0.2, 0.25) is 0 Å². The zero-order chi connectivity index (χ0) is 27.0. The van der Waals surface area contributed by atoms with Gasteiger partial charge in [0.2, 0.25) is 0 Å². The summed E-state index contributed by atoms with van der Waals surface area (Å²) in [6, 6.07) is 0. The Labute approximate surface area is 221 Å². The van der Waals surface area contributed by atoms with E-state index in [1.54, 1.807) is 7.11 Å². The number of carbonyl (C=O) groups is 1. The van der Waals surface area contributed by atoms with E-state index in [0.29, 0.717) is 30.6 Å². The molecule has 4 rings (SSSR count). The number of hydrogen-bond donors (Lipinski definition) is 0. The normalized spacial score (nSPS) is 43.4. The smallest absolute Gasteiger partial charge is 0.305 e. The molecule has 0 aromatic rings. The highest BCUT2D eigenvalue weighted by molar-refractivity contribution is 5.69. The highest BCUT2D eigenvalue weighted by Crippen LogP contribution is 2.69. The van der Waals surface area contributed by atoms with Gasteiger partial charge in [-0.2, -0.15) is 0 Å². The molecule has 0 aliphatic heterocycles. The summed E-state index contributed by atoms with van der Waals surface area (Å²) in [5.74, 6) is -1.16. The first-order valence-corrected chi connectivity index (χ1v) is 14.2. The fourth-order valence-corrected chi connectivity index (χ4v) is 9.48. The monoisotopic (exact) mass is 530 g/mol. The molecule has 4 fully saturated rings. The fraction of sp³-hybridized carbons (Fsp3) is 0.966. The van der Waals surface area contributed by atoms with E-state index < -0.39 is 17.4 Å². The van der Waals surface area contributed by atoms with Gasteiger partial charge in [-0.15, -0.1) is 0 Å². The van der Waals surface area contributed by atoms with E-state index in [2.05, 4.69) is 20.8 Å². The number of carbonyl (C=O) groups excluding carboxylic acids is 1. The van der Waals surface area contributed by atoms with Crippen LogP contribution in [0.5, 0.6) is 0 Å². The van der Waals surface area contributed by atoms with Gasteiger partial charge in [0.05, 0.1) is 13.2 Å². The van der Waals surface area contributed by atoms with Crippen LogP contribution in [0, 0.1) is 46.3 Å². The predicted octanol–water partition coefficient (Wildman–Crippen LogP) is 6.07. The molecule has 0 unspecified atom stereocenters. The Bertz CT molecular complexity index is 794. The van der Waals surface area contributed by atoms with Crippen molar-refractivity contribution >= 4 is 5.97 Å². The van der Waals surface area contributed by atoms with Gasteiger partial charge >= 0.3 is 5.97 Å².